The third-order valence-corrected chi connectivity index (χ3v) is 1.97. The smallest absolute Gasteiger partial charge is 0.324 e. The van der Waals surface area contributed by atoms with Gasteiger partial charge in [0.2, 0.25) is 5.91 Å². The van der Waals surface area contributed by atoms with Crippen LogP contribution in [0.3, 0.4) is 0 Å². The summed E-state index contributed by atoms with van der Waals surface area (Å²) >= 11 is 0. The van der Waals surface area contributed by atoms with Gasteiger partial charge in [0, 0.05) is 6.54 Å². The number of aliphatic carboxylic acids is 1. The number of alkyl halides is 1. The SMILES string of the molecule is CC1C(=O)N(CC(=O)O)NCC1F. The molecular formula is C7H11FN2O3. The minimum atomic E-state index is -1.24. The molecule has 6 heteroatoms. The fourth-order valence-electron chi connectivity index (χ4n) is 1.12. The fraction of sp³-hybridized carbons (Fsp3) is 0.714. The predicted molar refractivity (Wildman–Crippen MR) is 41.4 cm³/mol. The van der Waals surface area contributed by atoms with E-state index in [1.54, 1.807) is 0 Å². The standard InChI is InChI=1S/C7H11FN2O3/c1-4-5(8)2-9-10(7(4)13)3-6(11)12/h4-5,9H,2-3H2,1H3,(H,11,12). The highest BCUT2D eigenvalue weighted by atomic mass is 19.1. The van der Waals surface area contributed by atoms with Gasteiger partial charge in [0.15, 0.2) is 0 Å². The number of nitrogens with zero attached hydrogens (tertiary/aromatic N) is 1. The molecule has 1 saturated heterocycles. The highest BCUT2D eigenvalue weighted by Gasteiger charge is 2.33. The average Bonchev–Trinajstić information content (AvgIpc) is 2.06. The molecule has 1 rings (SSSR count). The lowest BCUT2D eigenvalue weighted by Crippen LogP contribution is -2.57. The summed E-state index contributed by atoms with van der Waals surface area (Å²) in [5, 5.41) is 9.34. The first kappa shape index (κ1) is 9.91. The molecule has 0 bridgehead atoms. The Morgan fingerprint density at radius 2 is 2.46 bits per heavy atom. The molecule has 0 aromatic heterocycles. The normalized spacial score (nSPS) is 29.1. The Balaban J connectivity index is 2.59. The number of halogens is 1. The van der Waals surface area contributed by atoms with Crippen molar-refractivity contribution in [3.05, 3.63) is 0 Å². The molecule has 0 spiro atoms. The van der Waals surface area contributed by atoms with Gasteiger partial charge < -0.3 is 5.11 Å². The Kier molecular flexibility index (Phi) is 2.82. The maximum Gasteiger partial charge on any atom is 0.324 e. The van der Waals surface area contributed by atoms with E-state index in [0.717, 1.165) is 5.01 Å². The van der Waals surface area contributed by atoms with Crippen molar-refractivity contribution in [3.63, 3.8) is 0 Å². The summed E-state index contributed by atoms with van der Waals surface area (Å²) in [7, 11) is 0. The molecule has 1 amide bonds. The number of amides is 1. The quantitative estimate of drug-likeness (QED) is 0.609. The minimum Gasteiger partial charge on any atom is -0.480 e. The Bertz CT molecular complexity index is 234. The molecular weight excluding hydrogens is 179 g/mol. The average molecular weight is 190 g/mol. The summed E-state index contributed by atoms with van der Waals surface area (Å²) < 4.78 is 12.9. The Labute approximate surface area is 74.5 Å². The van der Waals surface area contributed by atoms with Gasteiger partial charge in [0.1, 0.15) is 12.7 Å². The van der Waals surface area contributed by atoms with E-state index in [2.05, 4.69) is 5.43 Å². The number of carboxylic acid groups (broad SMARTS) is 1. The second-order valence-corrected chi connectivity index (χ2v) is 2.99. The fourth-order valence-corrected chi connectivity index (χ4v) is 1.12. The summed E-state index contributed by atoms with van der Waals surface area (Å²) in [6.07, 6.45) is -1.24. The van der Waals surface area contributed by atoms with Crippen LogP contribution in [-0.2, 0) is 9.59 Å². The number of rotatable bonds is 2. The van der Waals surface area contributed by atoms with Crippen LogP contribution in [0.4, 0.5) is 4.39 Å². The second-order valence-electron chi connectivity index (χ2n) is 2.99. The number of carbonyl (C=O) groups excluding carboxylic acids is 1. The number of hydrogen-bond acceptors (Lipinski definition) is 3. The predicted octanol–water partition coefficient (Wildman–Crippen LogP) is -0.608. The van der Waals surface area contributed by atoms with Crippen molar-refractivity contribution in [2.75, 3.05) is 13.1 Å². The molecule has 1 heterocycles. The van der Waals surface area contributed by atoms with Crippen LogP contribution in [-0.4, -0.2) is 41.3 Å². The Morgan fingerprint density at radius 3 is 3.00 bits per heavy atom. The van der Waals surface area contributed by atoms with Crippen LogP contribution in [0.2, 0.25) is 0 Å². The van der Waals surface area contributed by atoms with Crippen molar-refractivity contribution in [2.45, 2.75) is 13.1 Å². The summed E-state index contributed by atoms with van der Waals surface area (Å²) in [5.74, 6) is -2.40. The van der Waals surface area contributed by atoms with E-state index in [1.807, 2.05) is 0 Å². The van der Waals surface area contributed by atoms with Crippen LogP contribution >= 0.6 is 0 Å². The summed E-state index contributed by atoms with van der Waals surface area (Å²) in [6.45, 7) is 0.999. The molecule has 1 fully saturated rings. The highest BCUT2D eigenvalue weighted by molar-refractivity contribution is 5.83. The van der Waals surface area contributed by atoms with Crippen molar-refractivity contribution in [1.82, 2.24) is 10.4 Å². The lowest BCUT2D eigenvalue weighted by atomic mass is 10.0. The van der Waals surface area contributed by atoms with E-state index in [0.29, 0.717) is 0 Å². The van der Waals surface area contributed by atoms with E-state index in [-0.39, 0.29) is 6.54 Å². The molecule has 74 valence electrons. The van der Waals surface area contributed by atoms with E-state index in [4.69, 9.17) is 5.11 Å². The van der Waals surface area contributed by atoms with Crippen molar-refractivity contribution in [1.29, 1.82) is 0 Å². The van der Waals surface area contributed by atoms with Crippen molar-refractivity contribution in [3.8, 4) is 0 Å². The molecule has 0 radical (unpaired) electrons. The first-order valence-corrected chi connectivity index (χ1v) is 3.93. The monoisotopic (exact) mass is 190 g/mol. The third-order valence-electron chi connectivity index (χ3n) is 1.97. The number of carbonyl (C=O) groups is 2. The zero-order valence-electron chi connectivity index (χ0n) is 7.16. The largest absolute Gasteiger partial charge is 0.480 e. The van der Waals surface area contributed by atoms with Crippen LogP contribution in [0.1, 0.15) is 6.92 Å². The number of hydrogen-bond donors (Lipinski definition) is 2. The molecule has 1 aliphatic rings. The minimum absolute atomic E-state index is 0.0137. The molecule has 5 nitrogen and oxygen atoms in total. The van der Waals surface area contributed by atoms with Crippen LogP contribution in [0.15, 0.2) is 0 Å². The maximum atomic E-state index is 12.9. The Morgan fingerprint density at radius 1 is 1.85 bits per heavy atom. The lowest BCUT2D eigenvalue weighted by molar-refractivity contribution is -0.153. The second kappa shape index (κ2) is 3.69. The van der Waals surface area contributed by atoms with E-state index >= 15 is 0 Å². The first-order chi connectivity index (χ1) is 6.02. The van der Waals surface area contributed by atoms with Gasteiger partial charge in [0.05, 0.1) is 5.92 Å². The first-order valence-electron chi connectivity index (χ1n) is 3.93. The molecule has 2 atom stereocenters. The molecule has 2 N–H and O–H groups in total. The summed E-state index contributed by atoms with van der Waals surface area (Å²) in [4.78, 5) is 21.5. The molecule has 0 aromatic carbocycles. The lowest BCUT2D eigenvalue weighted by Gasteiger charge is -2.32. The van der Waals surface area contributed by atoms with Crippen LogP contribution in [0, 0.1) is 5.92 Å². The maximum absolute atomic E-state index is 12.9. The van der Waals surface area contributed by atoms with Gasteiger partial charge in [-0.2, -0.15) is 0 Å². The van der Waals surface area contributed by atoms with Gasteiger partial charge >= 0.3 is 5.97 Å². The Hall–Kier alpha value is -1.17. The summed E-state index contributed by atoms with van der Waals surface area (Å²) in [6, 6.07) is 0. The molecule has 0 saturated carbocycles. The molecule has 0 aliphatic carbocycles. The van der Waals surface area contributed by atoms with Gasteiger partial charge in [-0.1, -0.05) is 6.92 Å². The van der Waals surface area contributed by atoms with Crippen molar-refractivity contribution in [2.24, 2.45) is 5.92 Å². The van der Waals surface area contributed by atoms with Crippen LogP contribution in [0.25, 0.3) is 0 Å². The van der Waals surface area contributed by atoms with Crippen molar-refractivity contribution < 1.29 is 19.1 Å². The van der Waals surface area contributed by atoms with Crippen LogP contribution in [0.5, 0.6) is 0 Å². The number of nitrogens with one attached hydrogen (secondary N) is 1. The van der Waals surface area contributed by atoms with E-state index in [9.17, 15) is 14.0 Å². The molecule has 2 unspecified atom stereocenters. The zero-order valence-corrected chi connectivity index (χ0v) is 7.16. The van der Waals surface area contributed by atoms with Gasteiger partial charge in [-0.25, -0.2) is 9.82 Å². The van der Waals surface area contributed by atoms with Gasteiger partial charge in [-0.05, 0) is 0 Å². The van der Waals surface area contributed by atoms with Gasteiger partial charge in [-0.3, -0.25) is 14.6 Å². The van der Waals surface area contributed by atoms with Crippen molar-refractivity contribution >= 4 is 11.9 Å². The topological polar surface area (TPSA) is 69.6 Å². The van der Waals surface area contributed by atoms with Gasteiger partial charge in [-0.15, -0.1) is 0 Å². The summed E-state index contributed by atoms with van der Waals surface area (Å²) in [5.41, 5.74) is 2.41. The van der Waals surface area contributed by atoms with E-state index < -0.39 is 30.5 Å². The molecule has 1 aliphatic heterocycles. The third kappa shape index (κ3) is 2.15. The number of carboxylic acids is 1. The molecule has 13 heavy (non-hydrogen) atoms. The van der Waals surface area contributed by atoms with Crippen LogP contribution < -0.4 is 5.43 Å². The van der Waals surface area contributed by atoms with Gasteiger partial charge in [0.25, 0.3) is 0 Å². The molecule has 0 aromatic rings. The highest BCUT2D eigenvalue weighted by Crippen LogP contribution is 2.14. The number of hydrazine groups is 1. The van der Waals surface area contributed by atoms with E-state index in [1.165, 1.54) is 6.92 Å². The zero-order chi connectivity index (χ0) is 10.0.